The zero-order chi connectivity index (χ0) is 30.6. The summed E-state index contributed by atoms with van der Waals surface area (Å²) in [5.41, 5.74) is 10.9. The van der Waals surface area contributed by atoms with Crippen LogP contribution in [-0.2, 0) is 0 Å². The van der Waals surface area contributed by atoms with Crippen molar-refractivity contribution in [3.63, 3.8) is 0 Å². The molecule has 1 aliphatic rings. The summed E-state index contributed by atoms with van der Waals surface area (Å²) in [6.07, 6.45) is 0. The molecule has 0 aliphatic heterocycles. The van der Waals surface area contributed by atoms with Crippen LogP contribution in [0.25, 0.3) is 104 Å². The molecule has 2 heterocycles. The molecule has 2 aromatic heterocycles. The van der Waals surface area contributed by atoms with Gasteiger partial charge in [-0.2, -0.15) is 0 Å². The van der Waals surface area contributed by atoms with E-state index in [1.54, 1.807) is 0 Å². The first kappa shape index (κ1) is 24.9. The van der Waals surface area contributed by atoms with Gasteiger partial charge in [-0.05, 0) is 73.5 Å². The van der Waals surface area contributed by atoms with Crippen LogP contribution in [0, 0.1) is 0 Å². The Hall–Kier alpha value is -6.32. The van der Waals surface area contributed by atoms with E-state index in [0.29, 0.717) is 0 Å². The van der Waals surface area contributed by atoms with Crippen LogP contribution < -0.4 is 0 Å². The topological polar surface area (TPSA) is 30.7 Å². The molecule has 1 aliphatic carbocycles. The zero-order valence-electron chi connectivity index (χ0n) is 25.3. The monoisotopic (exact) mass is 595 g/mol. The van der Waals surface area contributed by atoms with Gasteiger partial charge in [0.25, 0.3) is 0 Å². The lowest BCUT2D eigenvalue weighted by Gasteiger charge is -2.16. The van der Waals surface area contributed by atoms with Crippen LogP contribution in [0.2, 0.25) is 0 Å². The van der Waals surface area contributed by atoms with Crippen LogP contribution in [0.3, 0.4) is 0 Å². The molecule has 11 rings (SSSR count). The van der Waals surface area contributed by atoms with E-state index in [1.165, 1.54) is 65.3 Å². The summed E-state index contributed by atoms with van der Waals surface area (Å²) in [4.78, 5) is 10.7. The van der Waals surface area contributed by atoms with Crippen molar-refractivity contribution in [3.05, 3.63) is 152 Å². The Morgan fingerprint density at radius 2 is 0.894 bits per heavy atom. The van der Waals surface area contributed by atoms with Gasteiger partial charge in [0, 0.05) is 21.7 Å². The van der Waals surface area contributed by atoms with Gasteiger partial charge in [0.1, 0.15) is 5.69 Å². The van der Waals surface area contributed by atoms with E-state index >= 15 is 0 Å². The number of nitrogens with zero attached hydrogens (tertiary/aromatic N) is 3. The Bertz CT molecular complexity index is 2930. The number of fused-ring (bicyclic) bond motifs is 2. The van der Waals surface area contributed by atoms with Gasteiger partial charge < -0.3 is 0 Å². The summed E-state index contributed by atoms with van der Waals surface area (Å²) < 4.78 is 2.36. The average Bonchev–Trinajstić information content (AvgIpc) is 3.41. The van der Waals surface area contributed by atoms with Gasteiger partial charge >= 0.3 is 0 Å². The molecular formula is C44H25N3. The zero-order valence-corrected chi connectivity index (χ0v) is 25.3. The minimum Gasteiger partial charge on any atom is -0.292 e. The SMILES string of the molecule is c1ccc(-c2ccc(-c3nc4ccccc4nc3-n3c4cccc5c4c4c6c(ccc7ccc8cccc-5c8c76)ccc43)cc2)cc1. The minimum atomic E-state index is 0.840. The highest BCUT2D eigenvalue weighted by Gasteiger charge is 2.26. The second kappa shape index (κ2) is 9.12. The van der Waals surface area contributed by atoms with Crippen molar-refractivity contribution in [1.82, 2.24) is 14.5 Å². The van der Waals surface area contributed by atoms with Crippen LogP contribution in [0.4, 0.5) is 0 Å². The van der Waals surface area contributed by atoms with E-state index in [-0.39, 0.29) is 0 Å². The summed E-state index contributed by atoms with van der Waals surface area (Å²) in [6, 6.07) is 54.6. The second-order valence-electron chi connectivity index (χ2n) is 12.6. The minimum absolute atomic E-state index is 0.840. The van der Waals surface area contributed by atoms with Crippen LogP contribution >= 0.6 is 0 Å². The number of aromatic nitrogens is 3. The highest BCUT2D eigenvalue weighted by atomic mass is 15.1. The van der Waals surface area contributed by atoms with Crippen molar-refractivity contribution in [3.8, 4) is 39.3 Å². The van der Waals surface area contributed by atoms with E-state index < -0.39 is 0 Å². The lowest BCUT2D eigenvalue weighted by Crippen LogP contribution is -2.04. The van der Waals surface area contributed by atoms with Crippen molar-refractivity contribution in [1.29, 1.82) is 0 Å². The first-order valence-electron chi connectivity index (χ1n) is 16.1. The Labute approximate surface area is 270 Å². The average molecular weight is 596 g/mol. The molecule has 0 saturated carbocycles. The molecule has 0 N–H and O–H groups in total. The first-order chi connectivity index (χ1) is 23.3. The number of benzene rings is 8. The van der Waals surface area contributed by atoms with Gasteiger partial charge in [0.15, 0.2) is 5.82 Å². The van der Waals surface area contributed by atoms with Crippen molar-refractivity contribution in [2.75, 3.05) is 0 Å². The maximum atomic E-state index is 5.40. The smallest absolute Gasteiger partial charge is 0.165 e. The van der Waals surface area contributed by atoms with Gasteiger partial charge in [0.05, 0.1) is 22.1 Å². The Morgan fingerprint density at radius 1 is 0.340 bits per heavy atom. The summed E-state index contributed by atoms with van der Waals surface area (Å²) in [7, 11) is 0. The van der Waals surface area contributed by atoms with Gasteiger partial charge in [-0.15, -0.1) is 0 Å². The van der Waals surface area contributed by atoms with E-state index in [2.05, 4.69) is 144 Å². The lowest BCUT2D eigenvalue weighted by molar-refractivity contribution is 1.08. The van der Waals surface area contributed by atoms with E-state index in [4.69, 9.17) is 9.97 Å². The van der Waals surface area contributed by atoms with Gasteiger partial charge in [-0.1, -0.05) is 127 Å². The molecule has 3 nitrogen and oxygen atoms in total. The first-order valence-corrected chi connectivity index (χ1v) is 16.1. The molecule has 0 unspecified atom stereocenters. The third-order valence-electron chi connectivity index (χ3n) is 10.1. The third-order valence-corrected chi connectivity index (χ3v) is 10.1. The maximum Gasteiger partial charge on any atom is 0.165 e. The van der Waals surface area contributed by atoms with Crippen molar-refractivity contribution in [2.24, 2.45) is 0 Å². The molecular weight excluding hydrogens is 571 g/mol. The summed E-state index contributed by atoms with van der Waals surface area (Å²) in [5.74, 6) is 0.840. The number of para-hydroxylation sites is 2. The summed E-state index contributed by atoms with van der Waals surface area (Å²) in [5, 5.41) is 10.3. The Balaban J connectivity index is 1.29. The molecule has 0 radical (unpaired) electrons. The van der Waals surface area contributed by atoms with Crippen LogP contribution in [0.1, 0.15) is 0 Å². The predicted octanol–water partition coefficient (Wildman–Crippen LogP) is 11.5. The van der Waals surface area contributed by atoms with Crippen molar-refractivity contribution < 1.29 is 0 Å². The van der Waals surface area contributed by atoms with Gasteiger partial charge in [-0.25, -0.2) is 9.97 Å². The van der Waals surface area contributed by atoms with Crippen molar-refractivity contribution >= 4 is 65.2 Å². The van der Waals surface area contributed by atoms with Crippen molar-refractivity contribution in [2.45, 2.75) is 0 Å². The quantitative estimate of drug-likeness (QED) is 0.190. The molecule has 47 heavy (non-hydrogen) atoms. The molecule has 216 valence electrons. The van der Waals surface area contributed by atoms with Gasteiger partial charge in [-0.3, -0.25) is 4.57 Å². The second-order valence-corrected chi connectivity index (χ2v) is 12.6. The largest absolute Gasteiger partial charge is 0.292 e. The summed E-state index contributed by atoms with van der Waals surface area (Å²) in [6.45, 7) is 0. The fourth-order valence-electron chi connectivity index (χ4n) is 8.03. The Kier molecular flexibility index (Phi) is 4.84. The number of hydrogen-bond acceptors (Lipinski definition) is 2. The standard InChI is InChI=1S/C44H25N3/c1-2-8-26(9-3-1)27-16-22-31(23-17-27)43-44(46-35-14-5-4-13-34(35)45-43)47-36-15-7-12-33-32-11-6-10-28-18-19-29-20-21-30-24-25-37(47)42(41(33)36)40(30)39(29)38(28)32/h1-25H. The van der Waals surface area contributed by atoms with E-state index in [9.17, 15) is 0 Å². The van der Waals surface area contributed by atoms with Crippen LogP contribution in [-0.4, -0.2) is 14.5 Å². The molecule has 3 heteroatoms. The molecule has 8 aromatic carbocycles. The van der Waals surface area contributed by atoms with Crippen LogP contribution in [0.5, 0.6) is 0 Å². The van der Waals surface area contributed by atoms with E-state index in [1.807, 2.05) is 12.1 Å². The molecule has 0 bridgehead atoms. The third kappa shape index (κ3) is 3.35. The molecule has 0 fully saturated rings. The summed E-state index contributed by atoms with van der Waals surface area (Å²) >= 11 is 0. The Morgan fingerprint density at radius 3 is 1.66 bits per heavy atom. The molecule has 0 atom stereocenters. The number of rotatable bonds is 3. The molecule has 10 aromatic rings. The predicted molar refractivity (Wildman–Crippen MR) is 196 cm³/mol. The van der Waals surface area contributed by atoms with E-state index in [0.717, 1.165) is 39.1 Å². The van der Waals surface area contributed by atoms with Crippen LogP contribution in [0.15, 0.2) is 152 Å². The highest BCUT2D eigenvalue weighted by molar-refractivity contribution is 6.38. The fourth-order valence-corrected chi connectivity index (χ4v) is 8.03. The van der Waals surface area contributed by atoms with Gasteiger partial charge in [0.2, 0.25) is 0 Å². The highest BCUT2D eigenvalue weighted by Crippen LogP contribution is 2.50. The fraction of sp³-hybridized carbons (Fsp3) is 0. The molecule has 0 saturated heterocycles. The molecule has 0 spiro atoms. The normalized spacial score (nSPS) is 12.3. The molecule has 0 amide bonds. The maximum absolute atomic E-state index is 5.40. The number of hydrogen-bond donors (Lipinski definition) is 0. The lowest BCUT2D eigenvalue weighted by atomic mass is 9.93.